The molecular weight excluding hydrogens is 485 g/mol. The molecule has 2 aliphatic rings. The Morgan fingerprint density at radius 2 is 2.00 bits per heavy atom. The number of rotatable bonds is 5. The first-order valence-electron chi connectivity index (χ1n) is 13.4. The number of halogens is 1. The molecule has 8 heteroatoms. The first-order chi connectivity index (χ1) is 18.3. The molecule has 1 saturated carbocycles. The highest BCUT2D eigenvalue weighted by Crippen LogP contribution is 2.29. The van der Waals surface area contributed by atoms with Crippen molar-refractivity contribution >= 4 is 11.8 Å². The van der Waals surface area contributed by atoms with E-state index in [0.29, 0.717) is 18.7 Å². The van der Waals surface area contributed by atoms with E-state index in [0.717, 1.165) is 25.7 Å². The van der Waals surface area contributed by atoms with E-state index in [1.165, 1.54) is 18.7 Å². The lowest BCUT2D eigenvalue weighted by molar-refractivity contribution is -0.136. The Bertz CT molecular complexity index is 1220. The van der Waals surface area contributed by atoms with Crippen molar-refractivity contribution in [1.29, 1.82) is 0 Å². The number of carbonyl (C=O) groups is 2. The van der Waals surface area contributed by atoms with Crippen molar-refractivity contribution in [2.45, 2.75) is 58.1 Å². The van der Waals surface area contributed by atoms with Gasteiger partial charge < -0.3 is 19.6 Å². The van der Waals surface area contributed by atoms with Gasteiger partial charge in [0.2, 0.25) is 11.8 Å². The van der Waals surface area contributed by atoms with Gasteiger partial charge in [0.1, 0.15) is 17.5 Å². The number of amides is 2. The number of carbonyl (C=O) groups excluding carboxylic acids is 2. The van der Waals surface area contributed by atoms with Crippen molar-refractivity contribution in [3.05, 3.63) is 59.0 Å². The summed E-state index contributed by atoms with van der Waals surface area (Å²) in [6, 6.07) is 7.39. The van der Waals surface area contributed by atoms with Crippen LogP contribution < -0.4 is 4.74 Å². The van der Waals surface area contributed by atoms with Gasteiger partial charge in [-0.05, 0) is 38.0 Å². The van der Waals surface area contributed by atoms with Gasteiger partial charge in [0.25, 0.3) is 5.91 Å². The molecule has 2 aromatic rings. The lowest BCUT2D eigenvalue weighted by Crippen LogP contribution is -2.51. The highest BCUT2D eigenvalue weighted by molar-refractivity contribution is 5.97. The van der Waals surface area contributed by atoms with Crippen LogP contribution in [0.5, 0.6) is 5.88 Å². The zero-order chi connectivity index (χ0) is 27.2. The second kappa shape index (κ2) is 12.4. The molecule has 202 valence electrons. The molecule has 38 heavy (non-hydrogen) atoms. The fraction of sp³-hybridized carbons (Fsp3) is 0.500. The third-order valence-corrected chi connectivity index (χ3v) is 7.52. The first kappa shape index (κ1) is 27.6. The Morgan fingerprint density at radius 1 is 1.26 bits per heavy atom. The summed E-state index contributed by atoms with van der Waals surface area (Å²) in [5.41, 5.74) is 0.913. The Kier molecular flexibility index (Phi) is 9.01. The van der Waals surface area contributed by atoms with E-state index >= 15 is 0 Å². The molecule has 0 bridgehead atoms. The van der Waals surface area contributed by atoms with E-state index in [4.69, 9.17) is 4.74 Å². The van der Waals surface area contributed by atoms with E-state index in [-0.39, 0.29) is 47.3 Å². The second-order valence-corrected chi connectivity index (χ2v) is 10.5. The van der Waals surface area contributed by atoms with Crippen LogP contribution in [0, 0.1) is 29.5 Å². The summed E-state index contributed by atoms with van der Waals surface area (Å²) in [5.74, 6) is 5.16. The molecule has 7 nitrogen and oxygen atoms in total. The molecule has 4 rings (SSSR count). The molecule has 2 amide bonds. The van der Waals surface area contributed by atoms with Crippen LogP contribution in [0.15, 0.2) is 36.5 Å². The topological polar surface area (TPSA) is 83.0 Å². The highest BCUT2D eigenvalue weighted by Gasteiger charge is 2.35. The van der Waals surface area contributed by atoms with Gasteiger partial charge in [-0.25, -0.2) is 9.37 Å². The van der Waals surface area contributed by atoms with Crippen molar-refractivity contribution in [3.63, 3.8) is 0 Å². The van der Waals surface area contributed by atoms with E-state index in [1.54, 1.807) is 48.0 Å². The van der Waals surface area contributed by atoms with Crippen LogP contribution in [-0.4, -0.2) is 70.6 Å². The lowest BCUT2D eigenvalue weighted by Gasteiger charge is -2.38. The minimum atomic E-state index is -0.426. The summed E-state index contributed by atoms with van der Waals surface area (Å²) in [6.45, 7) is 4.28. The lowest BCUT2D eigenvalue weighted by atomic mass is 9.88. The fourth-order valence-electron chi connectivity index (χ4n) is 5.11. The summed E-state index contributed by atoms with van der Waals surface area (Å²) in [5, 5.41) is 9.87. The average Bonchev–Trinajstić information content (AvgIpc) is 2.94. The van der Waals surface area contributed by atoms with Crippen molar-refractivity contribution in [2.24, 2.45) is 11.8 Å². The van der Waals surface area contributed by atoms with Crippen molar-refractivity contribution in [2.75, 3.05) is 26.7 Å². The zero-order valence-corrected chi connectivity index (χ0v) is 22.3. The van der Waals surface area contributed by atoms with Gasteiger partial charge in [-0.3, -0.25) is 9.59 Å². The SMILES string of the molecule is C[C@H](CO)N1C[C@H](C)[C@H](CN(C)C(=O)C2CCCCC2)Oc2ncc(C#Cc3ccccc3F)cc2C1=O. The van der Waals surface area contributed by atoms with Crippen LogP contribution >= 0.6 is 0 Å². The Balaban J connectivity index is 1.63. The molecule has 1 aromatic carbocycles. The van der Waals surface area contributed by atoms with E-state index < -0.39 is 18.0 Å². The van der Waals surface area contributed by atoms with E-state index in [9.17, 15) is 19.1 Å². The molecule has 0 saturated heterocycles. The third-order valence-electron chi connectivity index (χ3n) is 7.52. The number of likely N-dealkylation sites (N-methyl/N-ethyl adjacent to an activating group) is 1. The number of aromatic nitrogens is 1. The minimum Gasteiger partial charge on any atom is -0.472 e. The number of benzene rings is 1. The number of hydrogen-bond donors (Lipinski definition) is 1. The van der Waals surface area contributed by atoms with Crippen LogP contribution in [0.1, 0.15) is 67.4 Å². The molecule has 1 aliphatic carbocycles. The van der Waals surface area contributed by atoms with Gasteiger partial charge in [-0.2, -0.15) is 0 Å². The Hall–Kier alpha value is -3.44. The molecule has 0 spiro atoms. The Morgan fingerprint density at radius 3 is 2.71 bits per heavy atom. The van der Waals surface area contributed by atoms with Gasteiger partial charge in [0.15, 0.2) is 0 Å². The summed E-state index contributed by atoms with van der Waals surface area (Å²) >= 11 is 0. The van der Waals surface area contributed by atoms with Crippen molar-refractivity contribution < 1.29 is 23.8 Å². The molecule has 1 aromatic heterocycles. The molecule has 3 atom stereocenters. The maximum Gasteiger partial charge on any atom is 0.259 e. The molecule has 0 unspecified atom stereocenters. The molecule has 0 radical (unpaired) electrons. The number of hydrogen-bond acceptors (Lipinski definition) is 5. The van der Waals surface area contributed by atoms with Gasteiger partial charge >= 0.3 is 0 Å². The minimum absolute atomic E-state index is 0.0473. The predicted octanol–water partition coefficient (Wildman–Crippen LogP) is 3.88. The fourth-order valence-corrected chi connectivity index (χ4v) is 5.11. The van der Waals surface area contributed by atoms with Crippen molar-refractivity contribution in [3.8, 4) is 17.7 Å². The summed E-state index contributed by atoms with van der Waals surface area (Å²) in [6.07, 6.45) is 6.27. The molecular formula is C30H36FN3O4. The maximum atomic E-state index is 14.0. The second-order valence-electron chi connectivity index (χ2n) is 10.5. The molecule has 1 aliphatic heterocycles. The standard InChI is InChI=1S/C30H36FN3O4/c1-20-17-34(21(2)19-35)30(37)25-15-22(13-14-23-9-7-8-12-26(23)31)16-32-28(25)38-27(20)18-33(3)29(36)24-10-5-4-6-11-24/h7-9,12,15-16,20-21,24,27,35H,4-6,10-11,17-19H2,1-3H3/t20-,21+,27-/m0/s1. The van der Waals surface area contributed by atoms with Crippen LogP contribution in [0.4, 0.5) is 4.39 Å². The number of fused-ring (bicyclic) bond motifs is 1. The number of nitrogens with zero attached hydrogens (tertiary/aromatic N) is 3. The zero-order valence-electron chi connectivity index (χ0n) is 22.3. The van der Waals surface area contributed by atoms with Gasteiger partial charge in [0.05, 0.1) is 24.8 Å². The van der Waals surface area contributed by atoms with Gasteiger partial charge in [0, 0.05) is 37.2 Å². The summed E-state index contributed by atoms with van der Waals surface area (Å²) in [4.78, 5) is 34.5. The van der Waals surface area contributed by atoms with Crippen LogP contribution in [0.3, 0.4) is 0 Å². The largest absolute Gasteiger partial charge is 0.472 e. The maximum absolute atomic E-state index is 14.0. The van der Waals surface area contributed by atoms with Crippen LogP contribution in [-0.2, 0) is 4.79 Å². The Labute approximate surface area is 224 Å². The monoisotopic (exact) mass is 521 g/mol. The van der Waals surface area contributed by atoms with E-state index in [1.807, 2.05) is 6.92 Å². The highest BCUT2D eigenvalue weighted by atomic mass is 19.1. The summed E-state index contributed by atoms with van der Waals surface area (Å²) < 4.78 is 20.3. The number of ether oxygens (including phenoxy) is 1. The van der Waals surface area contributed by atoms with Gasteiger partial charge in [-0.1, -0.05) is 50.2 Å². The normalized spacial score (nSPS) is 20.8. The average molecular weight is 522 g/mol. The smallest absolute Gasteiger partial charge is 0.259 e. The molecule has 1 fully saturated rings. The van der Waals surface area contributed by atoms with Gasteiger partial charge in [-0.15, -0.1) is 0 Å². The van der Waals surface area contributed by atoms with Crippen LogP contribution in [0.2, 0.25) is 0 Å². The number of aliphatic hydroxyl groups is 1. The first-order valence-corrected chi connectivity index (χ1v) is 13.4. The van der Waals surface area contributed by atoms with E-state index in [2.05, 4.69) is 16.8 Å². The number of aliphatic hydroxyl groups excluding tert-OH is 1. The predicted molar refractivity (Wildman–Crippen MR) is 142 cm³/mol. The van der Waals surface area contributed by atoms with Crippen molar-refractivity contribution in [1.82, 2.24) is 14.8 Å². The quantitative estimate of drug-likeness (QED) is 0.604. The third kappa shape index (κ3) is 6.33. The summed E-state index contributed by atoms with van der Waals surface area (Å²) in [7, 11) is 1.81. The molecule has 2 heterocycles. The molecule has 1 N–H and O–H groups in total. The number of pyridine rings is 1. The van der Waals surface area contributed by atoms with Crippen LogP contribution in [0.25, 0.3) is 0 Å².